The van der Waals surface area contributed by atoms with E-state index in [4.69, 9.17) is 0 Å². The van der Waals surface area contributed by atoms with Crippen LogP contribution in [0, 0.1) is 17.0 Å². The zero-order chi connectivity index (χ0) is 19.1. The van der Waals surface area contributed by atoms with Crippen LogP contribution in [0.5, 0.6) is 0 Å². The van der Waals surface area contributed by atoms with E-state index in [0.29, 0.717) is 31.0 Å². The Labute approximate surface area is 150 Å². The molecule has 0 atom stereocenters. The summed E-state index contributed by atoms with van der Waals surface area (Å²) >= 11 is 0. The standard InChI is InChI=1S/C17H21N5O4/c1-3-18-17(24)14-6-4-5-13(9-14)10-19-16(23)7-8-21-11-15(22(25)26)20-12(21)2/h4-6,9,11H,3,7-8,10H2,1-2H3,(H,18,24)(H,19,23). The summed E-state index contributed by atoms with van der Waals surface area (Å²) in [5.74, 6) is -0.0914. The number of nitrogens with one attached hydrogen (secondary N) is 2. The minimum atomic E-state index is -0.564. The van der Waals surface area contributed by atoms with E-state index in [2.05, 4.69) is 15.6 Å². The van der Waals surface area contributed by atoms with E-state index in [1.54, 1.807) is 29.7 Å². The number of imidazole rings is 1. The SMILES string of the molecule is CCNC(=O)c1cccc(CNC(=O)CCn2cc([N+](=O)[O-])nc2C)c1. The average Bonchev–Trinajstić information content (AvgIpc) is 3.00. The molecule has 0 aliphatic heterocycles. The zero-order valence-electron chi connectivity index (χ0n) is 14.7. The molecule has 1 aromatic heterocycles. The van der Waals surface area contributed by atoms with E-state index in [0.717, 1.165) is 5.56 Å². The second-order valence-corrected chi connectivity index (χ2v) is 5.68. The maximum absolute atomic E-state index is 12.0. The van der Waals surface area contributed by atoms with E-state index >= 15 is 0 Å². The van der Waals surface area contributed by atoms with Crippen molar-refractivity contribution in [2.24, 2.45) is 0 Å². The van der Waals surface area contributed by atoms with E-state index in [1.165, 1.54) is 6.20 Å². The first-order valence-electron chi connectivity index (χ1n) is 8.22. The number of carbonyl (C=O) groups is 2. The van der Waals surface area contributed by atoms with Gasteiger partial charge in [-0.15, -0.1) is 0 Å². The van der Waals surface area contributed by atoms with Crippen LogP contribution in [-0.4, -0.2) is 32.8 Å². The van der Waals surface area contributed by atoms with Gasteiger partial charge in [-0.25, -0.2) is 0 Å². The van der Waals surface area contributed by atoms with Gasteiger partial charge in [-0.3, -0.25) is 9.59 Å². The highest BCUT2D eigenvalue weighted by molar-refractivity contribution is 5.94. The molecule has 2 rings (SSSR count). The molecule has 138 valence electrons. The Morgan fingerprint density at radius 3 is 2.73 bits per heavy atom. The third kappa shape index (κ3) is 5.13. The van der Waals surface area contributed by atoms with Crippen LogP contribution in [-0.2, 0) is 17.9 Å². The lowest BCUT2D eigenvalue weighted by molar-refractivity contribution is -0.389. The van der Waals surface area contributed by atoms with Crippen LogP contribution in [0.15, 0.2) is 30.5 Å². The molecule has 26 heavy (non-hydrogen) atoms. The molecule has 0 spiro atoms. The van der Waals surface area contributed by atoms with Gasteiger partial charge < -0.3 is 25.3 Å². The molecule has 2 N–H and O–H groups in total. The summed E-state index contributed by atoms with van der Waals surface area (Å²) in [6.07, 6.45) is 1.49. The zero-order valence-corrected chi connectivity index (χ0v) is 14.7. The summed E-state index contributed by atoms with van der Waals surface area (Å²) in [4.78, 5) is 37.8. The summed E-state index contributed by atoms with van der Waals surface area (Å²) in [6, 6.07) is 7.03. The molecule has 0 saturated heterocycles. The molecule has 0 unspecified atom stereocenters. The predicted octanol–water partition coefficient (Wildman–Crippen LogP) is 1.56. The normalized spacial score (nSPS) is 10.4. The van der Waals surface area contributed by atoms with Crippen molar-refractivity contribution in [2.75, 3.05) is 6.54 Å². The fraction of sp³-hybridized carbons (Fsp3) is 0.353. The first-order chi connectivity index (χ1) is 12.4. The van der Waals surface area contributed by atoms with Gasteiger partial charge in [-0.2, -0.15) is 0 Å². The van der Waals surface area contributed by atoms with Gasteiger partial charge in [-0.1, -0.05) is 12.1 Å². The molecule has 0 aliphatic rings. The van der Waals surface area contributed by atoms with Crippen LogP contribution >= 0.6 is 0 Å². The van der Waals surface area contributed by atoms with E-state index < -0.39 is 4.92 Å². The molecular formula is C17H21N5O4. The first-order valence-corrected chi connectivity index (χ1v) is 8.22. The molecule has 0 aliphatic carbocycles. The van der Waals surface area contributed by atoms with Gasteiger partial charge in [0.2, 0.25) is 11.7 Å². The van der Waals surface area contributed by atoms with Crippen LogP contribution in [0.3, 0.4) is 0 Å². The fourth-order valence-electron chi connectivity index (χ4n) is 2.40. The van der Waals surface area contributed by atoms with Gasteiger partial charge in [-0.05, 0) is 34.5 Å². The number of aryl methyl sites for hydroxylation is 2. The van der Waals surface area contributed by atoms with E-state index in [9.17, 15) is 19.7 Å². The Kier molecular flexibility index (Phi) is 6.42. The third-order valence-electron chi connectivity index (χ3n) is 3.75. The van der Waals surface area contributed by atoms with Crippen molar-refractivity contribution in [3.8, 4) is 0 Å². The van der Waals surface area contributed by atoms with Gasteiger partial charge in [0.25, 0.3) is 5.91 Å². The number of nitrogens with zero attached hydrogens (tertiary/aromatic N) is 3. The van der Waals surface area contributed by atoms with Crippen molar-refractivity contribution in [3.05, 3.63) is 57.5 Å². The second-order valence-electron chi connectivity index (χ2n) is 5.68. The Morgan fingerprint density at radius 1 is 1.31 bits per heavy atom. The lowest BCUT2D eigenvalue weighted by Gasteiger charge is -2.08. The number of carbonyl (C=O) groups excluding carboxylic acids is 2. The van der Waals surface area contributed by atoms with Gasteiger partial charge in [0.05, 0.1) is 0 Å². The van der Waals surface area contributed by atoms with Crippen LogP contribution < -0.4 is 10.6 Å². The number of aromatic nitrogens is 2. The summed E-state index contributed by atoms with van der Waals surface area (Å²) in [6.45, 7) is 4.65. The van der Waals surface area contributed by atoms with Crippen molar-refractivity contribution in [3.63, 3.8) is 0 Å². The highest BCUT2D eigenvalue weighted by atomic mass is 16.6. The largest absolute Gasteiger partial charge is 0.381 e. The Bertz CT molecular complexity index is 815. The van der Waals surface area contributed by atoms with E-state index in [-0.39, 0.29) is 24.1 Å². The van der Waals surface area contributed by atoms with Gasteiger partial charge >= 0.3 is 5.82 Å². The molecule has 0 bridgehead atoms. The molecule has 2 aromatic rings. The van der Waals surface area contributed by atoms with Gasteiger partial charge in [0, 0.05) is 38.5 Å². The quantitative estimate of drug-likeness (QED) is 0.547. The number of amides is 2. The molecular weight excluding hydrogens is 338 g/mol. The molecule has 0 fully saturated rings. The monoisotopic (exact) mass is 359 g/mol. The molecule has 0 radical (unpaired) electrons. The Balaban J connectivity index is 1.86. The average molecular weight is 359 g/mol. The van der Waals surface area contributed by atoms with Crippen LogP contribution in [0.1, 0.15) is 35.1 Å². The molecule has 1 aromatic carbocycles. The van der Waals surface area contributed by atoms with Gasteiger partial charge in [0.15, 0.2) is 0 Å². The van der Waals surface area contributed by atoms with Crippen LogP contribution in [0.25, 0.3) is 0 Å². The number of rotatable bonds is 8. The second kappa shape index (κ2) is 8.75. The van der Waals surface area contributed by atoms with Crippen LogP contribution in [0.2, 0.25) is 0 Å². The summed E-state index contributed by atoms with van der Waals surface area (Å²) < 4.78 is 1.58. The fourth-order valence-corrected chi connectivity index (χ4v) is 2.40. The van der Waals surface area contributed by atoms with Crippen molar-refractivity contribution in [2.45, 2.75) is 33.4 Å². The summed E-state index contributed by atoms with van der Waals surface area (Å²) in [5.41, 5.74) is 1.36. The lowest BCUT2D eigenvalue weighted by Crippen LogP contribution is -2.25. The first kappa shape index (κ1) is 19.1. The van der Waals surface area contributed by atoms with Crippen molar-refractivity contribution in [1.82, 2.24) is 20.2 Å². The van der Waals surface area contributed by atoms with Crippen molar-refractivity contribution >= 4 is 17.6 Å². The molecule has 2 amide bonds. The summed E-state index contributed by atoms with van der Waals surface area (Å²) in [7, 11) is 0. The third-order valence-corrected chi connectivity index (χ3v) is 3.75. The van der Waals surface area contributed by atoms with Crippen molar-refractivity contribution in [1.29, 1.82) is 0 Å². The maximum atomic E-state index is 12.0. The van der Waals surface area contributed by atoms with E-state index in [1.807, 2.05) is 13.0 Å². The number of benzene rings is 1. The Morgan fingerprint density at radius 2 is 2.08 bits per heavy atom. The topological polar surface area (TPSA) is 119 Å². The smallest absolute Gasteiger partial charge is 0.358 e. The lowest BCUT2D eigenvalue weighted by atomic mass is 10.1. The molecule has 9 heteroatoms. The maximum Gasteiger partial charge on any atom is 0.381 e. The Hall–Kier alpha value is -3.23. The molecule has 0 saturated carbocycles. The van der Waals surface area contributed by atoms with Crippen LogP contribution in [0.4, 0.5) is 5.82 Å². The van der Waals surface area contributed by atoms with Gasteiger partial charge in [0.1, 0.15) is 6.20 Å². The highest BCUT2D eigenvalue weighted by Gasteiger charge is 2.15. The minimum absolute atomic E-state index is 0.155. The summed E-state index contributed by atoms with van der Waals surface area (Å²) in [5, 5.41) is 16.2. The molecule has 9 nitrogen and oxygen atoms in total. The molecule has 1 heterocycles. The number of nitro groups is 1. The number of hydrogen-bond donors (Lipinski definition) is 2. The van der Waals surface area contributed by atoms with Crippen molar-refractivity contribution < 1.29 is 14.5 Å². The number of hydrogen-bond acceptors (Lipinski definition) is 5. The predicted molar refractivity (Wildman–Crippen MR) is 94.5 cm³/mol. The minimum Gasteiger partial charge on any atom is -0.358 e. The highest BCUT2D eigenvalue weighted by Crippen LogP contribution is 2.11.